The minimum absolute atomic E-state index is 0.000390. The van der Waals surface area contributed by atoms with Gasteiger partial charge in [-0.15, -0.1) is 0 Å². The van der Waals surface area contributed by atoms with E-state index in [0.29, 0.717) is 19.5 Å². The summed E-state index contributed by atoms with van der Waals surface area (Å²) in [6, 6.07) is 55.4. The van der Waals surface area contributed by atoms with Crippen LogP contribution in [0.2, 0.25) is 0 Å². The first-order chi connectivity index (χ1) is 26.6. The molecule has 0 unspecified atom stereocenters. The van der Waals surface area contributed by atoms with Gasteiger partial charge in [-0.05, 0) is 56.6 Å². The Balaban J connectivity index is 1.09. The smallest absolute Gasteiger partial charge is 0.315 e. The monoisotopic (exact) mass is 717 g/mol. The van der Waals surface area contributed by atoms with Crippen molar-refractivity contribution in [3.8, 4) is 11.1 Å². The van der Waals surface area contributed by atoms with E-state index >= 15 is 0 Å². The van der Waals surface area contributed by atoms with Crippen molar-refractivity contribution in [1.29, 1.82) is 0 Å². The van der Waals surface area contributed by atoms with Gasteiger partial charge in [0, 0.05) is 44.7 Å². The number of benzene rings is 6. The molecule has 7 heteroatoms. The van der Waals surface area contributed by atoms with Crippen molar-refractivity contribution in [2.24, 2.45) is 0 Å². The van der Waals surface area contributed by atoms with E-state index in [2.05, 4.69) is 119 Å². The molecule has 0 radical (unpaired) electrons. The Morgan fingerprint density at radius 3 is 1.76 bits per heavy atom. The minimum Gasteiger partial charge on any atom is -0.392 e. The Morgan fingerprint density at radius 1 is 0.574 bits per heavy atom. The molecule has 7 nitrogen and oxygen atoms in total. The van der Waals surface area contributed by atoms with Crippen LogP contribution in [-0.2, 0) is 42.3 Å². The first-order valence-corrected chi connectivity index (χ1v) is 18.6. The molecule has 3 atom stereocenters. The van der Waals surface area contributed by atoms with E-state index in [-0.39, 0.29) is 24.8 Å². The maximum absolute atomic E-state index is 12.5. The summed E-state index contributed by atoms with van der Waals surface area (Å²) >= 11 is 0. The summed E-state index contributed by atoms with van der Waals surface area (Å²) in [5, 5.41) is 15.6. The molecule has 54 heavy (non-hydrogen) atoms. The molecule has 2 amide bonds. The van der Waals surface area contributed by atoms with Crippen molar-refractivity contribution >= 4 is 6.03 Å². The van der Waals surface area contributed by atoms with E-state index in [4.69, 9.17) is 9.47 Å². The number of hydrogen-bond acceptors (Lipinski definition) is 5. The van der Waals surface area contributed by atoms with Crippen molar-refractivity contribution < 1.29 is 19.4 Å². The van der Waals surface area contributed by atoms with Crippen molar-refractivity contribution in [1.82, 2.24) is 15.5 Å². The number of ether oxygens (including phenoxy) is 2. The van der Waals surface area contributed by atoms with Gasteiger partial charge in [0.25, 0.3) is 0 Å². The maximum atomic E-state index is 12.5. The number of urea groups is 1. The number of nitrogens with zero attached hydrogens (tertiary/aromatic N) is 1. The van der Waals surface area contributed by atoms with Crippen LogP contribution in [-0.4, -0.2) is 28.7 Å². The molecular weight excluding hydrogens is 671 g/mol. The molecule has 1 fully saturated rings. The Labute approximate surface area is 318 Å². The van der Waals surface area contributed by atoms with Gasteiger partial charge < -0.3 is 25.2 Å². The van der Waals surface area contributed by atoms with Crippen LogP contribution in [0.5, 0.6) is 0 Å². The molecule has 6 aromatic rings. The van der Waals surface area contributed by atoms with E-state index in [1.165, 1.54) is 11.1 Å². The van der Waals surface area contributed by atoms with E-state index in [0.717, 1.165) is 58.6 Å². The summed E-state index contributed by atoms with van der Waals surface area (Å²) in [5.74, 6) is 0. The summed E-state index contributed by atoms with van der Waals surface area (Å²) in [6.07, 6.45) is -0.185. The Morgan fingerprint density at radius 2 is 1.13 bits per heavy atom. The van der Waals surface area contributed by atoms with Gasteiger partial charge in [-0.2, -0.15) is 0 Å². The van der Waals surface area contributed by atoms with Crippen LogP contribution in [0, 0.1) is 0 Å². The fraction of sp³-hybridized carbons (Fsp3) is 0.213. The number of carbonyl (C=O) groups is 1. The molecule has 0 aliphatic carbocycles. The summed E-state index contributed by atoms with van der Waals surface area (Å²) in [7, 11) is 0. The van der Waals surface area contributed by atoms with E-state index < -0.39 is 6.29 Å². The van der Waals surface area contributed by atoms with Crippen molar-refractivity contribution in [3.63, 3.8) is 0 Å². The van der Waals surface area contributed by atoms with Gasteiger partial charge in [0.05, 0.1) is 18.8 Å². The molecule has 1 heterocycles. The topological polar surface area (TPSA) is 83.1 Å². The minimum atomic E-state index is -0.584. The van der Waals surface area contributed by atoms with Gasteiger partial charge in [0.1, 0.15) is 0 Å². The van der Waals surface area contributed by atoms with Gasteiger partial charge in [-0.25, -0.2) is 4.79 Å². The number of carbonyl (C=O) groups excluding carboxylic acids is 1. The molecule has 0 aromatic heterocycles. The predicted molar refractivity (Wildman–Crippen MR) is 213 cm³/mol. The molecule has 3 N–H and O–H groups in total. The van der Waals surface area contributed by atoms with Gasteiger partial charge in [-0.1, -0.05) is 152 Å². The molecule has 1 saturated heterocycles. The predicted octanol–water partition coefficient (Wildman–Crippen LogP) is 9.09. The largest absolute Gasteiger partial charge is 0.392 e. The first kappa shape index (κ1) is 36.8. The number of nitrogens with one attached hydrogen (secondary N) is 2. The zero-order valence-electron chi connectivity index (χ0n) is 30.4. The van der Waals surface area contributed by atoms with Gasteiger partial charge >= 0.3 is 6.03 Å². The van der Waals surface area contributed by atoms with Crippen LogP contribution in [0.1, 0.15) is 57.8 Å². The van der Waals surface area contributed by atoms with Crippen LogP contribution in [0.4, 0.5) is 4.79 Å². The highest BCUT2D eigenvalue weighted by atomic mass is 16.7. The van der Waals surface area contributed by atoms with E-state index in [1.54, 1.807) is 0 Å². The second-order valence-corrected chi connectivity index (χ2v) is 13.8. The van der Waals surface area contributed by atoms with Crippen LogP contribution >= 0.6 is 0 Å². The van der Waals surface area contributed by atoms with Crippen molar-refractivity contribution in [3.05, 3.63) is 203 Å². The zero-order chi connectivity index (χ0) is 37.0. The quantitative estimate of drug-likeness (QED) is 0.105. The molecular formula is C47H47N3O4. The third-order valence-corrected chi connectivity index (χ3v) is 9.74. The standard InChI is InChI=1S/C47H47N3O4/c51-34-38-22-24-40(25-23-38)45-28-44(33-50(31-36-14-6-2-7-15-36)32-37-16-8-3-9-17-37)53-46(54-45)43-21-11-20-42(27-43)41-19-10-18-39(26-41)30-49-47(52)48-29-35-12-4-1-5-13-35/h1-27,44-46,51H,28-34H2,(H2,48,49,52)/t44-,45+,46+/m1/s1. The number of aliphatic hydroxyl groups is 1. The molecule has 0 bridgehead atoms. The average molecular weight is 718 g/mol. The van der Waals surface area contributed by atoms with Crippen LogP contribution in [0.15, 0.2) is 164 Å². The molecule has 0 saturated carbocycles. The summed E-state index contributed by atoms with van der Waals surface area (Å²) in [4.78, 5) is 15.0. The fourth-order valence-electron chi connectivity index (χ4n) is 6.94. The number of amides is 2. The molecule has 274 valence electrons. The fourth-order valence-corrected chi connectivity index (χ4v) is 6.94. The average Bonchev–Trinajstić information content (AvgIpc) is 3.23. The van der Waals surface area contributed by atoms with E-state index in [9.17, 15) is 9.90 Å². The Kier molecular flexibility index (Phi) is 12.6. The summed E-state index contributed by atoms with van der Waals surface area (Å²) < 4.78 is 13.6. The third kappa shape index (κ3) is 10.3. The summed E-state index contributed by atoms with van der Waals surface area (Å²) in [5.41, 5.74) is 9.52. The van der Waals surface area contributed by atoms with Crippen LogP contribution in [0.25, 0.3) is 11.1 Å². The normalized spacial score (nSPS) is 16.9. The lowest BCUT2D eigenvalue weighted by Crippen LogP contribution is -2.39. The van der Waals surface area contributed by atoms with Gasteiger partial charge in [0.2, 0.25) is 0 Å². The van der Waals surface area contributed by atoms with Crippen molar-refractivity contribution in [2.45, 2.75) is 57.7 Å². The first-order valence-electron chi connectivity index (χ1n) is 18.6. The lowest BCUT2D eigenvalue weighted by molar-refractivity contribution is -0.253. The van der Waals surface area contributed by atoms with Gasteiger partial charge in [0.15, 0.2) is 6.29 Å². The van der Waals surface area contributed by atoms with Gasteiger partial charge in [-0.3, -0.25) is 4.90 Å². The Bertz CT molecular complexity index is 2020. The summed E-state index contributed by atoms with van der Waals surface area (Å²) in [6.45, 7) is 3.20. The molecule has 0 spiro atoms. The molecule has 1 aliphatic heterocycles. The van der Waals surface area contributed by atoms with E-state index in [1.807, 2.05) is 60.7 Å². The van der Waals surface area contributed by atoms with Crippen LogP contribution < -0.4 is 10.6 Å². The third-order valence-electron chi connectivity index (χ3n) is 9.74. The highest BCUT2D eigenvalue weighted by Gasteiger charge is 2.33. The highest BCUT2D eigenvalue weighted by molar-refractivity contribution is 5.74. The van der Waals surface area contributed by atoms with Crippen LogP contribution in [0.3, 0.4) is 0 Å². The number of rotatable bonds is 14. The lowest BCUT2D eigenvalue weighted by Gasteiger charge is -2.38. The SMILES string of the molecule is O=C(NCc1ccccc1)NCc1cccc(-c2cccc([C@H]3O[C@@H](CN(Cc4ccccc4)Cc4ccccc4)C[C@@H](c4ccc(CO)cc4)O3)c2)c1. The number of hydrogen-bond donors (Lipinski definition) is 3. The Hall–Kier alpha value is -5.57. The van der Waals surface area contributed by atoms with Crippen molar-refractivity contribution in [2.75, 3.05) is 6.54 Å². The number of aliphatic hydroxyl groups excluding tert-OH is 1. The lowest BCUT2D eigenvalue weighted by atomic mass is 9.98. The zero-order valence-corrected chi connectivity index (χ0v) is 30.4. The molecule has 7 rings (SSSR count). The molecule has 6 aromatic carbocycles. The molecule has 1 aliphatic rings. The highest BCUT2D eigenvalue weighted by Crippen LogP contribution is 2.39. The second kappa shape index (κ2) is 18.5. The second-order valence-electron chi connectivity index (χ2n) is 13.8. The maximum Gasteiger partial charge on any atom is 0.315 e.